The fraction of sp³-hybridized carbons (Fsp3) is 0.240. The third-order valence-electron chi connectivity index (χ3n) is 4.91. The number of anilines is 1. The molecule has 3 aromatic rings. The molecule has 0 fully saturated rings. The lowest BCUT2D eigenvalue weighted by Gasteiger charge is -2.24. The molecular weight excluding hydrogens is 476 g/mol. The number of amides is 1. The van der Waals surface area contributed by atoms with Gasteiger partial charge in [0.05, 0.1) is 10.6 Å². The Morgan fingerprint density at radius 2 is 1.64 bits per heavy atom. The third-order valence-corrected chi connectivity index (χ3v) is 8.06. The Kier molecular flexibility index (Phi) is 9.23. The van der Waals surface area contributed by atoms with Gasteiger partial charge in [-0.1, -0.05) is 59.6 Å². The van der Waals surface area contributed by atoms with Crippen LogP contribution in [0.2, 0.25) is 5.02 Å². The van der Waals surface area contributed by atoms with Crippen LogP contribution in [0.25, 0.3) is 0 Å². The van der Waals surface area contributed by atoms with Crippen LogP contribution >= 0.6 is 23.4 Å². The van der Waals surface area contributed by atoms with E-state index >= 15 is 0 Å². The molecule has 0 aromatic heterocycles. The molecular formula is C25H27ClN2O3S2. The zero-order valence-corrected chi connectivity index (χ0v) is 20.8. The average molecular weight is 503 g/mol. The molecule has 0 atom stereocenters. The summed E-state index contributed by atoms with van der Waals surface area (Å²) in [7, 11) is -3.88. The van der Waals surface area contributed by atoms with Crippen molar-refractivity contribution in [2.75, 3.05) is 23.1 Å². The molecule has 0 bridgehead atoms. The van der Waals surface area contributed by atoms with Crippen LogP contribution in [-0.4, -0.2) is 33.2 Å². The molecule has 8 heteroatoms. The van der Waals surface area contributed by atoms with Gasteiger partial charge in [0.15, 0.2) is 0 Å². The topological polar surface area (TPSA) is 66.5 Å². The summed E-state index contributed by atoms with van der Waals surface area (Å²) in [5.74, 6) is 1.42. The van der Waals surface area contributed by atoms with Crippen LogP contribution < -0.4 is 9.62 Å². The predicted molar refractivity (Wildman–Crippen MR) is 137 cm³/mol. The number of carbonyl (C=O) groups excluding carboxylic acids is 1. The number of hydrogen-bond donors (Lipinski definition) is 1. The molecule has 5 nitrogen and oxygen atoms in total. The van der Waals surface area contributed by atoms with E-state index in [9.17, 15) is 13.2 Å². The summed E-state index contributed by atoms with van der Waals surface area (Å²) in [5.41, 5.74) is 2.67. The Morgan fingerprint density at radius 1 is 0.970 bits per heavy atom. The third kappa shape index (κ3) is 7.52. The highest BCUT2D eigenvalue weighted by Gasteiger charge is 2.26. The van der Waals surface area contributed by atoms with Crippen molar-refractivity contribution in [3.8, 4) is 0 Å². The highest BCUT2D eigenvalue weighted by molar-refractivity contribution is 7.98. The van der Waals surface area contributed by atoms with E-state index < -0.39 is 10.0 Å². The summed E-state index contributed by atoms with van der Waals surface area (Å²) in [6.07, 6.45) is 0.792. The van der Waals surface area contributed by atoms with Crippen LogP contribution in [0.15, 0.2) is 83.8 Å². The first-order chi connectivity index (χ1) is 15.9. The van der Waals surface area contributed by atoms with Crippen LogP contribution in [-0.2, 0) is 20.6 Å². The van der Waals surface area contributed by atoms with Crippen molar-refractivity contribution in [2.45, 2.75) is 24.0 Å². The Balaban J connectivity index is 1.55. The molecule has 0 aliphatic heterocycles. The fourth-order valence-corrected chi connectivity index (χ4v) is 5.59. The summed E-state index contributed by atoms with van der Waals surface area (Å²) in [6, 6.07) is 23.0. The van der Waals surface area contributed by atoms with E-state index in [1.54, 1.807) is 42.1 Å². The molecule has 0 saturated carbocycles. The second-order valence-electron chi connectivity index (χ2n) is 7.54. The van der Waals surface area contributed by atoms with E-state index in [1.807, 2.05) is 43.3 Å². The number of thioether (sulfide) groups is 1. The molecule has 1 N–H and O–H groups in total. The van der Waals surface area contributed by atoms with E-state index in [1.165, 1.54) is 17.7 Å². The van der Waals surface area contributed by atoms with E-state index in [-0.39, 0.29) is 17.3 Å². The minimum absolute atomic E-state index is 0.150. The monoisotopic (exact) mass is 502 g/mol. The Hall–Kier alpha value is -2.48. The molecule has 0 unspecified atom stereocenters. The first-order valence-electron chi connectivity index (χ1n) is 10.6. The van der Waals surface area contributed by atoms with Gasteiger partial charge in [0.2, 0.25) is 5.91 Å². The first-order valence-corrected chi connectivity index (χ1v) is 13.6. The maximum atomic E-state index is 13.3. The molecule has 0 spiro atoms. The predicted octanol–water partition coefficient (Wildman–Crippen LogP) is 5.28. The van der Waals surface area contributed by atoms with Gasteiger partial charge < -0.3 is 5.32 Å². The van der Waals surface area contributed by atoms with Crippen LogP contribution in [0, 0.1) is 6.92 Å². The largest absolute Gasteiger partial charge is 0.354 e. The van der Waals surface area contributed by atoms with Crippen molar-refractivity contribution in [1.82, 2.24) is 5.32 Å². The lowest BCUT2D eigenvalue weighted by molar-refractivity contribution is -0.119. The maximum Gasteiger partial charge on any atom is 0.264 e. The summed E-state index contributed by atoms with van der Waals surface area (Å²) in [6.45, 7) is 2.13. The summed E-state index contributed by atoms with van der Waals surface area (Å²) in [4.78, 5) is 12.8. The highest BCUT2D eigenvalue weighted by atomic mass is 35.5. The molecule has 0 aliphatic carbocycles. The second kappa shape index (κ2) is 12.1. The number of benzene rings is 3. The molecule has 3 aromatic carbocycles. The number of carbonyl (C=O) groups is 1. The number of aryl methyl sites for hydroxylation is 1. The van der Waals surface area contributed by atoms with Gasteiger partial charge in [0.1, 0.15) is 6.54 Å². The van der Waals surface area contributed by atoms with Crippen LogP contribution in [0.1, 0.15) is 17.5 Å². The number of hydrogen-bond acceptors (Lipinski definition) is 4. The minimum Gasteiger partial charge on any atom is -0.354 e. The molecule has 33 heavy (non-hydrogen) atoms. The van der Waals surface area contributed by atoms with E-state index in [0.717, 1.165) is 32.8 Å². The lowest BCUT2D eigenvalue weighted by atomic mass is 10.2. The van der Waals surface area contributed by atoms with E-state index in [4.69, 9.17) is 11.6 Å². The zero-order valence-electron chi connectivity index (χ0n) is 18.4. The first kappa shape index (κ1) is 25.1. The number of sulfonamides is 1. The molecule has 174 valence electrons. The highest BCUT2D eigenvalue weighted by Crippen LogP contribution is 2.24. The van der Waals surface area contributed by atoms with Gasteiger partial charge in [-0.15, -0.1) is 0 Å². The smallest absolute Gasteiger partial charge is 0.264 e. The van der Waals surface area contributed by atoms with Gasteiger partial charge in [0, 0.05) is 17.3 Å². The van der Waals surface area contributed by atoms with Gasteiger partial charge in [-0.05, 0) is 61.1 Å². The number of halogens is 1. The lowest BCUT2D eigenvalue weighted by Crippen LogP contribution is -2.41. The molecule has 1 amide bonds. The SMILES string of the molecule is Cc1ccc(N(CC(=O)NCCCSCc2ccc(Cl)cc2)S(=O)(=O)c2ccccc2)cc1. The van der Waals surface area contributed by atoms with Crippen LogP contribution in [0.3, 0.4) is 0 Å². The van der Waals surface area contributed by atoms with Crippen molar-refractivity contribution in [3.63, 3.8) is 0 Å². The summed E-state index contributed by atoms with van der Waals surface area (Å²) >= 11 is 7.68. The number of rotatable bonds is 11. The molecule has 0 aliphatic rings. The maximum absolute atomic E-state index is 13.3. The molecule has 0 heterocycles. The van der Waals surface area contributed by atoms with Crippen LogP contribution in [0.5, 0.6) is 0 Å². The van der Waals surface area contributed by atoms with Crippen LogP contribution in [0.4, 0.5) is 5.69 Å². The quantitative estimate of drug-likeness (QED) is 0.362. The normalized spacial score (nSPS) is 11.2. The van der Waals surface area contributed by atoms with E-state index in [2.05, 4.69) is 5.32 Å². The molecule has 0 saturated heterocycles. The van der Waals surface area contributed by atoms with Crippen molar-refractivity contribution in [2.24, 2.45) is 0 Å². The summed E-state index contributed by atoms with van der Waals surface area (Å²) in [5, 5.41) is 3.57. The fourth-order valence-electron chi connectivity index (χ4n) is 3.10. The average Bonchev–Trinajstić information content (AvgIpc) is 2.82. The van der Waals surface area contributed by atoms with Gasteiger partial charge >= 0.3 is 0 Å². The number of nitrogens with one attached hydrogen (secondary N) is 1. The second-order valence-corrected chi connectivity index (χ2v) is 10.9. The zero-order chi connectivity index (χ0) is 23.7. The van der Waals surface area contributed by atoms with Crippen molar-refractivity contribution in [1.29, 1.82) is 0 Å². The minimum atomic E-state index is -3.88. The van der Waals surface area contributed by atoms with Gasteiger partial charge in [-0.2, -0.15) is 11.8 Å². The molecule has 0 radical (unpaired) electrons. The van der Waals surface area contributed by atoms with Crippen molar-refractivity contribution >= 4 is 45.0 Å². The standard InChI is InChI=1S/C25H27ClN2O3S2/c1-20-8-14-23(15-9-20)28(33(30,31)24-6-3-2-4-7-24)18-25(29)27-16-5-17-32-19-21-10-12-22(26)13-11-21/h2-4,6-15H,5,16-19H2,1H3,(H,27,29). The van der Waals surface area contributed by atoms with Crippen molar-refractivity contribution < 1.29 is 13.2 Å². The Bertz CT molecular complexity index is 1140. The Labute approximate surface area is 205 Å². The number of nitrogens with zero attached hydrogens (tertiary/aromatic N) is 1. The van der Waals surface area contributed by atoms with Gasteiger partial charge in [-0.3, -0.25) is 9.10 Å². The van der Waals surface area contributed by atoms with Crippen molar-refractivity contribution in [3.05, 3.63) is 95.0 Å². The van der Waals surface area contributed by atoms with E-state index in [0.29, 0.717) is 12.2 Å². The van der Waals surface area contributed by atoms with Gasteiger partial charge in [0.25, 0.3) is 10.0 Å². The van der Waals surface area contributed by atoms with Gasteiger partial charge in [-0.25, -0.2) is 8.42 Å². The molecule has 3 rings (SSSR count). The summed E-state index contributed by atoms with van der Waals surface area (Å²) < 4.78 is 27.7. The Morgan fingerprint density at radius 3 is 2.30 bits per heavy atom.